The molecule has 0 atom stereocenters. The number of nitrogen functional groups attached to an aromatic ring is 2. The summed E-state index contributed by atoms with van der Waals surface area (Å²) >= 11 is 0. The Kier molecular flexibility index (Phi) is 4.71. The van der Waals surface area contributed by atoms with E-state index in [1.54, 1.807) is 0 Å². The van der Waals surface area contributed by atoms with Gasteiger partial charge in [0.15, 0.2) is 5.82 Å². The molecular weight excluding hydrogens is 350 g/mol. The molecule has 6 N–H and O–H groups in total. The lowest BCUT2D eigenvalue weighted by molar-refractivity contribution is 1.07. The van der Waals surface area contributed by atoms with E-state index in [1.165, 1.54) is 0 Å². The minimum Gasteiger partial charge on any atom is -0.399 e. The smallest absolute Gasteiger partial charge is 0.232 e. The molecule has 0 unspecified atom stereocenters. The van der Waals surface area contributed by atoms with Crippen molar-refractivity contribution in [3.05, 3.63) is 78.9 Å². The normalized spacial score (nSPS) is 10.4. The van der Waals surface area contributed by atoms with Gasteiger partial charge in [0.25, 0.3) is 0 Å². The summed E-state index contributed by atoms with van der Waals surface area (Å²) in [4.78, 5) is 13.6. The van der Waals surface area contributed by atoms with Crippen LogP contribution in [0, 0.1) is 0 Å². The predicted octanol–water partition coefficient (Wildman–Crippen LogP) is 4.19. The molecule has 0 fully saturated rings. The molecule has 1 aromatic heterocycles. The zero-order chi connectivity index (χ0) is 19.3. The summed E-state index contributed by atoms with van der Waals surface area (Å²) < 4.78 is 0. The number of hydrogen-bond donors (Lipinski definition) is 4. The lowest BCUT2D eigenvalue weighted by Crippen LogP contribution is -2.05. The topological polar surface area (TPSA) is 115 Å². The lowest BCUT2D eigenvalue weighted by Gasteiger charge is -2.11. The molecule has 7 nitrogen and oxygen atoms in total. The van der Waals surface area contributed by atoms with Gasteiger partial charge in [-0.25, -0.2) is 0 Å². The monoisotopic (exact) mass is 369 g/mol. The second kappa shape index (κ2) is 7.63. The highest BCUT2D eigenvalue weighted by Gasteiger charge is 2.09. The first-order valence-corrected chi connectivity index (χ1v) is 8.72. The molecule has 0 saturated carbocycles. The molecule has 0 saturated heterocycles. The molecule has 0 radical (unpaired) electrons. The molecule has 28 heavy (non-hydrogen) atoms. The third-order valence-electron chi connectivity index (χ3n) is 4.00. The summed E-state index contributed by atoms with van der Waals surface area (Å²) in [5.74, 6) is 1.42. The van der Waals surface area contributed by atoms with E-state index in [2.05, 4.69) is 25.6 Å². The Balaban J connectivity index is 1.70. The third-order valence-corrected chi connectivity index (χ3v) is 4.00. The quantitative estimate of drug-likeness (QED) is 0.390. The van der Waals surface area contributed by atoms with Gasteiger partial charge < -0.3 is 22.1 Å². The number of nitrogens with one attached hydrogen (secondary N) is 2. The van der Waals surface area contributed by atoms with Crippen molar-refractivity contribution in [3.63, 3.8) is 0 Å². The van der Waals surface area contributed by atoms with E-state index < -0.39 is 0 Å². The molecule has 0 aliphatic carbocycles. The molecule has 0 amide bonds. The van der Waals surface area contributed by atoms with Crippen LogP contribution in [0.1, 0.15) is 0 Å². The zero-order valence-electron chi connectivity index (χ0n) is 15.0. The molecule has 7 heteroatoms. The average Bonchev–Trinajstić information content (AvgIpc) is 2.72. The van der Waals surface area contributed by atoms with Crippen molar-refractivity contribution >= 4 is 34.6 Å². The number of nitrogens with zero attached hydrogens (tertiary/aromatic N) is 3. The van der Waals surface area contributed by atoms with E-state index in [9.17, 15) is 0 Å². The molecule has 138 valence electrons. The Morgan fingerprint density at radius 2 is 1.00 bits per heavy atom. The van der Waals surface area contributed by atoms with Crippen LogP contribution in [0.4, 0.5) is 34.6 Å². The van der Waals surface area contributed by atoms with E-state index >= 15 is 0 Å². The summed E-state index contributed by atoms with van der Waals surface area (Å²) in [5, 5.41) is 6.40. The standard InChI is InChI=1S/C21H19N7/c22-15-6-10-17(11-7-15)24-20-26-19(14-4-2-1-3-5-14)27-21(28-20)25-18-12-8-16(23)9-13-18/h1-13H,22-23H2,(H2,24,25,26,27,28). The SMILES string of the molecule is Nc1ccc(Nc2nc(Nc3ccc(N)cc3)nc(-c3ccccc3)n2)cc1. The van der Waals surface area contributed by atoms with Crippen LogP contribution in [0.5, 0.6) is 0 Å². The van der Waals surface area contributed by atoms with Crippen molar-refractivity contribution in [3.8, 4) is 11.4 Å². The Morgan fingerprint density at radius 3 is 1.46 bits per heavy atom. The summed E-state index contributed by atoms with van der Waals surface area (Å²) in [5.41, 5.74) is 15.4. The van der Waals surface area contributed by atoms with Crippen molar-refractivity contribution in [1.82, 2.24) is 15.0 Å². The van der Waals surface area contributed by atoms with Crippen molar-refractivity contribution in [2.24, 2.45) is 0 Å². The maximum atomic E-state index is 5.75. The van der Waals surface area contributed by atoms with Crippen LogP contribution in [0.3, 0.4) is 0 Å². The average molecular weight is 369 g/mol. The minimum atomic E-state index is 0.427. The van der Waals surface area contributed by atoms with Crippen LogP contribution in [-0.2, 0) is 0 Å². The van der Waals surface area contributed by atoms with Gasteiger partial charge in [0.2, 0.25) is 11.9 Å². The van der Waals surface area contributed by atoms with Crippen LogP contribution in [0.25, 0.3) is 11.4 Å². The Hall–Kier alpha value is -4.13. The number of hydrogen-bond acceptors (Lipinski definition) is 7. The van der Waals surface area contributed by atoms with Gasteiger partial charge in [-0.1, -0.05) is 30.3 Å². The van der Waals surface area contributed by atoms with Gasteiger partial charge in [0, 0.05) is 28.3 Å². The molecule has 4 rings (SSSR count). The van der Waals surface area contributed by atoms with Gasteiger partial charge in [-0.3, -0.25) is 0 Å². The number of rotatable bonds is 5. The second-order valence-corrected chi connectivity index (χ2v) is 6.17. The summed E-state index contributed by atoms with van der Waals surface area (Å²) in [7, 11) is 0. The van der Waals surface area contributed by atoms with Crippen LogP contribution in [-0.4, -0.2) is 15.0 Å². The largest absolute Gasteiger partial charge is 0.399 e. The first kappa shape index (κ1) is 17.3. The predicted molar refractivity (Wildman–Crippen MR) is 114 cm³/mol. The van der Waals surface area contributed by atoms with E-state index in [-0.39, 0.29) is 0 Å². The maximum absolute atomic E-state index is 5.75. The molecule has 0 aliphatic rings. The molecule has 0 spiro atoms. The molecule has 0 bridgehead atoms. The fourth-order valence-corrected chi connectivity index (χ4v) is 2.60. The van der Waals surface area contributed by atoms with Crippen LogP contribution >= 0.6 is 0 Å². The number of anilines is 6. The summed E-state index contributed by atoms with van der Waals surface area (Å²) in [6, 6.07) is 24.5. The summed E-state index contributed by atoms with van der Waals surface area (Å²) in [6.07, 6.45) is 0. The Labute approximate surface area is 162 Å². The highest BCUT2D eigenvalue weighted by Crippen LogP contribution is 2.22. The number of nitrogens with two attached hydrogens (primary N) is 2. The van der Waals surface area contributed by atoms with E-state index in [0.717, 1.165) is 16.9 Å². The van der Waals surface area contributed by atoms with Crippen molar-refractivity contribution in [1.29, 1.82) is 0 Å². The highest BCUT2D eigenvalue weighted by atomic mass is 15.2. The maximum Gasteiger partial charge on any atom is 0.232 e. The molecule has 4 aromatic rings. The van der Waals surface area contributed by atoms with Gasteiger partial charge in [-0.2, -0.15) is 15.0 Å². The first-order valence-electron chi connectivity index (χ1n) is 8.72. The Morgan fingerprint density at radius 1 is 0.536 bits per heavy atom. The molecule has 1 heterocycles. The van der Waals surface area contributed by atoms with Crippen molar-refractivity contribution in [2.45, 2.75) is 0 Å². The van der Waals surface area contributed by atoms with Gasteiger partial charge in [0.05, 0.1) is 0 Å². The van der Waals surface area contributed by atoms with Crippen LogP contribution < -0.4 is 22.1 Å². The molecular formula is C21H19N7. The van der Waals surface area contributed by atoms with Gasteiger partial charge in [-0.05, 0) is 48.5 Å². The van der Waals surface area contributed by atoms with Crippen molar-refractivity contribution in [2.75, 3.05) is 22.1 Å². The van der Waals surface area contributed by atoms with E-state index in [1.807, 2.05) is 78.9 Å². The minimum absolute atomic E-state index is 0.427. The van der Waals surface area contributed by atoms with Gasteiger partial charge in [0.1, 0.15) is 0 Å². The van der Waals surface area contributed by atoms with Crippen LogP contribution in [0.15, 0.2) is 78.9 Å². The third kappa shape index (κ3) is 4.16. The fourth-order valence-electron chi connectivity index (χ4n) is 2.60. The van der Waals surface area contributed by atoms with Gasteiger partial charge >= 0.3 is 0 Å². The highest BCUT2D eigenvalue weighted by molar-refractivity contribution is 5.64. The second-order valence-electron chi connectivity index (χ2n) is 6.17. The first-order chi connectivity index (χ1) is 13.7. The lowest BCUT2D eigenvalue weighted by atomic mass is 10.2. The van der Waals surface area contributed by atoms with Crippen molar-refractivity contribution < 1.29 is 0 Å². The molecule has 0 aliphatic heterocycles. The van der Waals surface area contributed by atoms with E-state index in [0.29, 0.717) is 29.1 Å². The number of aromatic nitrogens is 3. The van der Waals surface area contributed by atoms with Crippen LogP contribution in [0.2, 0.25) is 0 Å². The molecule has 3 aromatic carbocycles. The zero-order valence-corrected chi connectivity index (χ0v) is 15.0. The van der Waals surface area contributed by atoms with E-state index in [4.69, 9.17) is 11.5 Å². The summed E-state index contributed by atoms with van der Waals surface area (Å²) in [6.45, 7) is 0. The number of benzene rings is 3. The fraction of sp³-hybridized carbons (Fsp3) is 0. The Bertz CT molecular complexity index is 996. The van der Waals surface area contributed by atoms with Gasteiger partial charge in [-0.15, -0.1) is 0 Å².